The molecule has 0 aliphatic carbocycles. The molecule has 1 amide bonds. The van der Waals surface area contributed by atoms with Crippen molar-refractivity contribution >= 4 is 34.3 Å². The molecule has 3 aromatic rings. The third kappa shape index (κ3) is 6.70. The Morgan fingerprint density at radius 3 is 2.48 bits per heavy atom. The van der Waals surface area contributed by atoms with Gasteiger partial charge in [0.15, 0.2) is 0 Å². The lowest BCUT2D eigenvalue weighted by atomic mass is 10.1. The Labute approximate surface area is 259 Å². The molecule has 0 bridgehead atoms. The van der Waals surface area contributed by atoms with E-state index in [1.54, 1.807) is 6.20 Å². The molecule has 3 saturated heterocycles. The molecule has 3 fully saturated rings. The van der Waals surface area contributed by atoms with Crippen LogP contribution >= 0.6 is 0 Å². The average molecular weight is 599 g/mol. The molecule has 0 radical (unpaired) electrons. The van der Waals surface area contributed by atoms with Crippen molar-refractivity contribution in [2.24, 2.45) is 0 Å². The zero-order valence-electron chi connectivity index (χ0n) is 26.0. The highest BCUT2D eigenvalue weighted by Crippen LogP contribution is 2.30. The second-order valence-electron chi connectivity index (χ2n) is 12.2. The fourth-order valence-corrected chi connectivity index (χ4v) is 6.51. The largest absolute Gasteiger partial charge is 0.370 e. The number of fused-ring (bicyclic) bond motifs is 1. The van der Waals surface area contributed by atoms with Crippen molar-refractivity contribution < 1.29 is 9.53 Å². The molecule has 12 heteroatoms. The van der Waals surface area contributed by atoms with Crippen LogP contribution < -0.4 is 14.7 Å². The second-order valence-corrected chi connectivity index (χ2v) is 12.2. The minimum atomic E-state index is 0.0848. The first-order valence-corrected chi connectivity index (χ1v) is 15.5. The lowest BCUT2D eigenvalue weighted by Crippen LogP contribution is -2.54. The van der Waals surface area contributed by atoms with Gasteiger partial charge in [0.05, 0.1) is 29.8 Å². The highest BCUT2D eigenvalue weighted by Gasteiger charge is 2.30. The summed E-state index contributed by atoms with van der Waals surface area (Å²) in [6.45, 7) is 11.5. The van der Waals surface area contributed by atoms with Crippen molar-refractivity contribution in [2.75, 3.05) is 107 Å². The van der Waals surface area contributed by atoms with Gasteiger partial charge in [-0.2, -0.15) is 10.2 Å². The van der Waals surface area contributed by atoms with Crippen LogP contribution in [-0.4, -0.2) is 140 Å². The van der Waals surface area contributed by atoms with Gasteiger partial charge in [0.25, 0.3) is 0 Å². The molecule has 0 unspecified atom stereocenters. The number of aromatic nitrogens is 3. The molecule has 232 valence electrons. The smallest absolute Gasteiger partial charge is 0.236 e. The normalized spacial score (nSPS) is 21.6. The Balaban J connectivity index is 1.03. The van der Waals surface area contributed by atoms with E-state index >= 15 is 0 Å². The number of nitrogens with zero attached hydrogens (tertiary/aromatic N) is 10. The molecule has 0 saturated carbocycles. The molecule has 2 atom stereocenters. The van der Waals surface area contributed by atoms with Crippen molar-refractivity contribution in [3.05, 3.63) is 48.3 Å². The number of morpholine rings is 1. The van der Waals surface area contributed by atoms with Gasteiger partial charge in [0.1, 0.15) is 11.9 Å². The number of benzene rings is 1. The predicted octanol–water partition coefficient (Wildman–Crippen LogP) is 1.52. The van der Waals surface area contributed by atoms with Gasteiger partial charge in [-0.1, -0.05) is 0 Å². The maximum absolute atomic E-state index is 12.4. The van der Waals surface area contributed by atoms with Crippen LogP contribution in [0.1, 0.15) is 12.5 Å². The molecule has 6 rings (SSSR count). The van der Waals surface area contributed by atoms with E-state index in [2.05, 4.69) is 54.7 Å². The van der Waals surface area contributed by atoms with E-state index < -0.39 is 0 Å². The fraction of sp³-hybridized carbons (Fsp3) is 0.531. The summed E-state index contributed by atoms with van der Waals surface area (Å²) in [5.41, 5.74) is 2.47. The van der Waals surface area contributed by atoms with Crippen LogP contribution in [0.4, 0.5) is 17.5 Å². The molecule has 2 aromatic heterocycles. The second kappa shape index (κ2) is 13.3. The number of nitriles is 1. The first-order valence-electron chi connectivity index (χ1n) is 15.5. The molecule has 0 spiro atoms. The Morgan fingerprint density at radius 2 is 1.73 bits per heavy atom. The minimum absolute atomic E-state index is 0.0848. The third-order valence-corrected chi connectivity index (χ3v) is 8.69. The van der Waals surface area contributed by atoms with Gasteiger partial charge in [-0.05, 0) is 51.4 Å². The van der Waals surface area contributed by atoms with Crippen LogP contribution in [-0.2, 0) is 9.53 Å². The van der Waals surface area contributed by atoms with Crippen LogP contribution in [0.2, 0.25) is 0 Å². The van der Waals surface area contributed by atoms with Gasteiger partial charge in [0, 0.05) is 95.5 Å². The molecule has 3 aliphatic rings. The molecular formula is C32H42N10O2. The van der Waals surface area contributed by atoms with E-state index in [1.807, 2.05) is 48.3 Å². The van der Waals surface area contributed by atoms with E-state index in [0.717, 1.165) is 87.3 Å². The SMILES string of the molecule is C[C@@H]1CN(c2ccc(C#N)c3ncccc23)C[C@H](CN2CCN(c3ccnc(N4CCN(C(=O)CN(C)C)CC4)n3)CC2)O1. The number of pyridine rings is 1. The molecule has 3 aliphatic heterocycles. The zero-order chi connectivity index (χ0) is 30.6. The molecule has 1 aromatic carbocycles. The predicted molar refractivity (Wildman–Crippen MR) is 171 cm³/mol. The van der Waals surface area contributed by atoms with Crippen molar-refractivity contribution in [1.29, 1.82) is 5.26 Å². The molecule has 5 heterocycles. The number of anilines is 3. The van der Waals surface area contributed by atoms with Crippen LogP contribution in [0.15, 0.2) is 42.7 Å². The van der Waals surface area contributed by atoms with Crippen molar-refractivity contribution in [2.45, 2.75) is 19.1 Å². The maximum atomic E-state index is 12.4. The maximum Gasteiger partial charge on any atom is 0.236 e. The van der Waals surface area contributed by atoms with Crippen molar-refractivity contribution in [3.8, 4) is 6.07 Å². The zero-order valence-corrected chi connectivity index (χ0v) is 26.0. The molecule has 12 nitrogen and oxygen atoms in total. The average Bonchev–Trinajstić information content (AvgIpc) is 3.04. The summed E-state index contributed by atoms with van der Waals surface area (Å²) in [5, 5.41) is 10.6. The number of piperazine rings is 2. The van der Waals surface area contributed by atoms with Crippen LogP contribution in [0.5, 0.6) is 0 Å². The minimum Gasteiger partial charge on any atom is -0.370 e. The summed E-state index contributed by atoms with van der Waals surface area (Å²) in [4.78, 5) is 39.7. The van der Waals surface area contributed by atoms with E-state index in [4.69, 9.17) is 9.72 Å². The highest BCUT2D eigenvalue weighted by atomic mass is 16.5. The monoisotopic (exact) mass is 598 g/mol. The van der Waals surface area contributed by atoms with Gasteiger partial charge >= 0.3 is 0 Å². The summed E-state index contributed by atoms with van der Waals surface area (Å²) >= 11 is 0. The molecule has 0 N–H and O–H groups in total. The number of amides is 1. The molecule has 44 heavy (non-hydrogen) atoms. The number of hydrogen-bond donors (Lipinski definition) is 0. The van der Waals surface area contributed by atoms with E-state index in [0.29, 0.717) is 25.2 Å². The van der Waals surface area contributed by atoms with Gasteiger partial charge in [-0.15, -0.1) is 0 Å². The topological polar surface area (TPSA) is 108 Å². The summed E-state index contributed by atoms with van der Waals surface area (Å²) in [5.74, 6) is 1.86. The van der Waals surface area contributed by atoms with E-state index in [9.17, 15) is 10.1 Å². The van der Waals surface area contributed by atoms with Crippen LogP contribution in [0.25, 0.3) is 10.9 Å². The number of ether oxygens (including phenoxy) is 1. The number of likely N-dealkylation sites (N-methyl/N-ethyl adjacent to an activating group) is 1. The lowest BCUT2D eigenvalue weighted by molar-refractivity contribution is -0.132. The summed E-state index contributed by atoms with van der Waals surface area (Å²) in [6.07, 6.45) is 3.78. The third-order valence-electron chi connectivity index (χ3n) is 8.69. The quantitative estimate of drug-likeness (QED) is 0.395. The summed E-state index contributed by atoms with van der Waals surface area (Å²) in [7, 11) is 3.84. The van der Waals surface area contributed by atoms with Crippen LogP contribution in [0.3, 0.4) is 0 Å². The van der Waals surface area contributed by atoms with E-state index in [1.165, 1.54) is 0 Å². The summed E-state index contributed by atoms with van der Waals surface area (Å²) in [6, 6.07) is 12.2. The van der Waals surface area contributed by atoms with Gasteiger partial charge in [-0.3, -0.25) is 14.7 Å². The standard InChI is InChI=1S/C32H42N10O2/c1-24-20-42(28-7-6-25(19-33)31-27(28)5-4-9-34-31)22-26(44-24)21-38-11-13-39(14-12-38)29-8-10-35-32(36-29)41-17-15-40(16-18-41)30(43)23-37(2)3/h4-10,24,26H,11-18,20-23H2,1-3H3/t24-,26+/m1/s1. The van der Waals surface area contributed by atoms with Gasteiger partial charge in [-0.25, -0.2) is 4.98 Å². The highest BCUT2D eigenvalue weighted by molar-refractivity contribution is 5.95. The van der Waals surface area contributed by atoms with Gasteiger partial charge < -0.3 is 29.2 Å². The Kier molecular flexibility index (Phi) is 9.07. The lowest BCUT2D eigenvalue weighted by Gasteiger charge is -2.42. The van der Waals surface area contributed by atoms with Gasteiger partial charge in [0.2, 0.25) is 11.9 Å². The number of hydrogen-bond acceptors (Lipinski definition) is 11. The van der Waals surface area contributed by atoms with Crippen molar-refractivity contribution in [3.63, 3.8) is 0 Å². The Morgan fingerprint density at radius 1 is 0.955 bits per heavy atom. The first-order chi connectivity index (χ1) is 21.4. The summed E-state index contributed by atoms with van der Waals surface area (Å²) < 4.78 is 6.42. The number of rotatable bonds is 7. The Bertz CT molecular complexity index is 1490. The first kappa shape index (κ1) is 30.0. The van der Waals surface area contributed by atoms with E-state index in [-0.39, 0.29) is 18.1 Å². The van der Waals surface area contributed by atoms with Crippen LogP contribution in [0, 0.1) is 11.3 Å². The number of carbonyl (C=O) groups excluding carboxylic acids is 1. The number of carbonyl (C=O) groups is 1. The Hall–Kier alpha value is -4.05. The molecular weight excluding hydrogens is 556 g/mol. The fourth-order valence-electron chi connectivity index (χ4n) is 6.51. The van der Waals surface area contributed by atoms with Crippen molar-refractivity contribution in [1.82, 2.24) is 29.7 Å².